The molecule has 0 atom stereocenters. The predicted octanol–water partition coefficient (Wildman–Crippen LogP) is 4.59. The number of benzene rings is 2. The number of rotatable bonds is 5. The lowest BCUT2D eigenvalue weighted by Gasteiger charge is -2.12. The van der Waals surface area contributed by atoms with Crippen LogP contribution in [0.1, 0.15) is 34.2 Å². The number of halogens is 3. The molecule has 0 aliphatic carbocycles. The van der Waals surface area contributed by atoms with Crippen molar-refractivity contribution in [2.75, 3.05) is 0 Å². The number of amides is 1. The van der Waals surface area contributed by atoms with Crippen molar-refractivity contribution in [1.82, 2.24) is 4.57 Å². The van der Waals surface area contributed by atoms with Crippen LogP contribution in [0.2, 0.25) is 0 Å². The standard InChI is InChI=1S/C21H19F3N2O/c1-3-18-20(14-5-4-6-15(22)10-14)19(21(25)27)12(2)26(18)11-13-7-8-16(23)17(24)9-13/h4-10H,3,11H2,1-2H3,(H2,25,27). The minimum Gasteiger partial charge on any atom is -0.366 e. The molecule has 27 heavy (non-hydrogen) atoms. The van der Waals surface area contributed by atoms with Gasteiger partial charge in [0.05, 0.1) is 5.56 Å². The first kappa shape index (κ1) is 18.8. The van der Waals surface area contributed by atoms with Crippen molar-refractivity contribution >= 4 is 5.91 Å². The fourth-order valence-corrected chi connectivity index (χ4v) is 3.46. The highest BCUT2D eigenvalue weighted by Gasteiger charge is 2.24. The Hall–Kier alpha value is -3.02. The zero-order valence-electron chi connectivity index (χ0n) is 15.0. The van der Waals surface area contributed by atoms with E-state index in [2.05, 4.69) is 0 Å². The van der Waals surface area contributed by atoms with Crippen LogP contribution in [-0.4, -0.2) is 10.5 Å². The van der Waals surface area contributed by atoms with Crippen LogP contribution < -0.4 is 5.73 Å². The van der Waals surface area contributed by atoms with E-state index >= 15 is 0 Å². The molecular formula is C21H19F3N2O. The summed E-state index contributed by atoms with van der Waals surface area (Å²) < 4.78 is 42.4. The summed E-state index contributed by atoms with van der Waals surface area (Å²) in [6.07, 6.45) is 0.545. The lowest BCUT2D eigenvalue weighted by atomic mass is 9.98. The molecule has 0 saturated carbocycles. The van der Waals surface area contributed by atoms with Gasteiger partial charge in [0.2, 0.25) is 0 Å². The fraction of sp³-hybridized carbons (Fsp3) is 0.190. The van der Waals surface area contributed by atoms with E-state index in [1.165, 1.54) is 18.2 Å². The Kier molecular flexibility index (Phi) is 5.08. The Labute approximate surface area is 155 Å². The first-order valence-corrected chi connectivity index (χ1v) is 8.55. The summed E-state index contributed by atoms with van der Waals surface area (Å²) in [6.45, 7) is 3.88. The van der Waals surface area contributed by atoms with Gasteiger partial charge < -0.3 is 10.3 Å². The van der Waals surface area contributed by atoms with E-state index in [1.807, 2.05) is 11.5 Å². The summed E-state index contributed by atoms with van der Waals surface area (Å²) in [5.74, 6) is -2.89. The zero-order chi connectivity index (χ0) is 19.7. The third-order valence-electron chi connectivity index (χ3n) is 4.65. The maximum atomic E-state index is 13.8. The molecule has 140 valence electrons. The molecule has 2 N–H and O–H groups in total. The van der Waals surface area contributed by atoms with E-state index in [1.54, 1.807) is 19.1 Å². The summed E-state index contributed by atoms with van der Waals surface area (Å²) in [7, 11) is 0. The quantitative estimate of drug-likeness (QED) is 0.700. The van der Waals surface area contributed by atoms with Crippen molar-refractivity contribution in [3.8, 4) is 11.1 Å². The molecule has 1 aromatic heterocycles. The Morgan fingerprint density at radius 3 is 2.41 bits per heavy atom. The minimum atomic E-state index is -0.934. The average molecular weight is 372 g/mol. The number of aromatic nitrogens is 1. The average Bonchev–Trinajstić information content (AvgIpc) is 2.90. The second kappa shape index (κ2) is 7.31. The van der Waals surface area contributed by atoms with Crippen LogP contribution in [0, 0.1) is 24.4 Å². The van der Waals surface area contributed by atoms with Crippen LogP contribution in [0.15, 0.2) is 42.5 Å². The van der Waals surface area contributed by atoms with Gasteiger partial charge in [-0.3, -0.25) is 4.79 Å². The molecule has 3 aromatic rings. The van der Waals surface area contributed by atoms with Gasteiger partial charge in [0.1, 0.15) is 5.82 Å². The topological polar surface area (TPSA) is 48.0 Å². The molecule has 0 radical (unpaired) electrons. The molecule has 0 bridgehead atoms. The first-order chi connectivity index (χ1) is 12.8. The SMILES string of the molecule is CCc1c(-c2cccc(F)c2)c(C(N)=O)c(C)n1Cc1ccc(F)c(F)c1. The van der Waals surface area contributed by atoms with Crippen LogP contribution in [0.5, 0.6) is 0 Å². The summed E-state index contributed by atoms with van der Waals surface area (Å²) in [6, 6.07) is 9.63. The van der Waals surface area contributed by atoms with Crippen LogP contribution in [-0.2, 0) is 13.0 Å². The van der Waals surface area contributed by atoms with E-state index in [-0.39, 0.29) is 6.54 Å². The van der Waals surface area contributed by atoms with Gasteiger partial charge >= 0.3 is 0 Å². The second-order valence-electron chi connectivity index (χ2n) is 6.34. The molecule has 0 unspecified atom stereocenters. The van der Waals surface area contributed by atoms with Crippen molar-refractivity contribution < 1.29 is 18.0 Å². The maximum Gasteiger partial charge on any atom is 0.251 e. The van der Waals surface area contributed by atoms with E-state index in [4.69, 9.17) is 5.73 Å². The monoisotopic (exact) mass is 372 g/mol. The highest BCUT2D eigenvalue weighted by Crippen LogP contribution is 2.34. The molecule has 3 nitrogen and oxygen atoms in total. The smallest absolute Gasteiger partial charge is 0.251 e. The highest BCUT2D eigenvalue weighted by atomic mass is 19.2. The van der Waals surface area contributed by atoms with Gasteiger partial charge in [-0.25, -0.2) is 13.2 Å². The second-order valence-corrected chi connectivity index (χ2v) is 6.34. The number of nitrogens with zero attached hydrogens (tertiary/aromatic N) is 1. The number of carbonyl (C=O) groups is 1. The normalized spacial score (nSPS) is 11.0. The van der Waals surface area contributed by atoms with Gasteiger partial charge in [0, 0.05) is 23.5 Å². The number of nitrogens with two attached hydrogens (primary N) is 1. The Morgan fingerprint density at radius 1 is 1.07 bits per heavy atom. The van der Waals surface area contributed by atoms with Gasteiger partial charge in [-0.1, -0.05) is 25.1 Å². The molecule has 0 spiro atoms. The largest absolute Gasteiger partial charge is 0.366 e. The van der Waals surface area contributed by atoms with Crippen molar-refractivity contribution in [3.05, 3.63) is 82.4 Å². The third-order valence-corrected chi connectivity index (χ3v) is 4.65. The summed E-state index contributed by atoms with van der Waals surface area (Å²) >= 11 is 0. The van der Waals surface area contributed by atoms with E-state index < -0.39 is 23.4 Å². The molecule has 1 amide bonds. The molecular weight excluding hydrogens is 353 g/mol. The van der Waals surface area contributed by atoms with Gasteiger partial charge in [0.15, 0.2) is 11.6 Å². The van der Waals surface area contributed by atoms with Crippen LogP contribution in [0.25, 0.3) is 11.1 Å². The molecule has 0 aliphatic rings. The van der Waals surface area contributed by atoms with Crippen molar-refractivity contribution in [1.29, 1.82) is 0 Å². The number of carbonyl (C=O) groups excluding carboxylic acids is 1. The molecule has 0 aliphatic heterocycles. The van der Waals surface area contributed by atoms with Crippen LogP contribution in [0.4, 0.5) is 13.2 Å². The van der Waals surface area contributed by atoms with E-state index in [0.29, 0.717) is 34.4 Å². The first-order valence-electron chi connectivity index (χ1n) is 8.55. The predicted molar refractivity (Wildman–Crippen MR) is 97.9 cm³/mol. The lowest BCUT2D eigenvalue weighted by molar-refractivity contribution is 0.1000. The van der Waals surface area contributed by atoms with E-state index in [0.717, 1.165) is 17.8 Å². The van der Waals surface area contributed by atoms with Gasteiger partial charge in [0.25, 0.3) is 5.91 Å². The molecule has 2 aromatic carbocycles. The molecule has 6 heteroatoms. The highest BCUT2D eigenvalue weighted by molar-refractivity contribution is 6.02. The van der Waals surface area contributed by atoms with Crippen LogP contribution >= 0.6 is 0 Å². The van der Waals surface area contributed by atoms with Gasteiger partial charge in [-0.2, -0.15) is 0 Å². The number of hydrogen-bond acceptors (Lipinski definition) is 1. The Balaban J connectivity index is 2.21. The summed E-state index contributed by atoms with van der Waals surface area (Å²) in [4.78, 5) is 12.1. The number of hydrogen-bond donors (Lipinski definition) is 1. The van der Waals surface area contributed by atoms with Crippen molar-refractivity contribution in [2.24, 2.45) is 5.73 Å². The fourth-order valence-electron chi connectivity index (χ4n) is 3.46. The lowest BCUT2D eigenvalue weighted by Crippen LogP contribution is -2.13. The van der Waals surface area contributed by atoms with Gasteiger partial charge in [-0.05, 0) is 48.7 Å². The molecule has 1 heterocycles. The Bertz CT molecular complexity index is 1020. The molecule has 0 saturated heterocycles. The van der Waals surface area contributed by atoms with Crippen LogP contribution in [0.3, 0.4) is 0 Å². The Morgan fingerprint density at radius 2 is 1.81 bits per heavy atom. The van der Waals surface area contributed by atoms with Crippen molar-refractivity contribution in [3.63, 3.8) is 0 Å². The van der Waals surface area contributed by atoms with Gasteiger partial charge in [-0.15, -0.1) is 0 Å². The van der Waals surface area contributed by atoms with Crippen molar-refractivity contribution in [2.45, 2.75) is 26.8 Å². The maximum absolute atomic E-state index is 13.8. The number of primary amides is 1. The zero-order valence-corrected chi connectivity index (χ0v) is 15.0. The summed E-state index contributed by atoms with van der Waals surface area (Å²) in [5, 5.41) is 0. The summed E-state index contributed by atoms with van der Waals surface area (Å²) in [5.41, 5.74) is 8.96. The molecule has 0 fully saturated rings. The minimum absolute atomic E-state index is 0.238. The third kappa shape index (κ3) is 3.47. The van der Waals surface area contributed by atoms with E-state index in [9.17, 15) is 18.0 Å². The molecule has 3 rings (SSSR count).